The number of hydrogen-bond acceptors (Lipinski definition) is 4. The molecule has 0 amide bonds. The molecule has 2 aromatic rings. The molecule has 0 spiro atoms. The van der Waals surface area contributed by atoms with E-state index in [0.717, 1.165) is 12.1 Å². The lowest BCUT2D eigenvalue weighted by Gasteiger charge is -2.08. The number of furan rings is 1. The van der Waals surface area contributed by atoms with E-state index in [1.165, 1.54) is 25.3 Å². The Hall–Kier alpha value is -2.21. The van der Waals surface area contributed by atoms with Crippen LogP contribution in [0.2, 0.25) is 0 Å². The third-order valence-corrected chi connectivity index (χ3v) is 2.75. The Bertz CT molecular complexity index is 621. The summed E-state index contributed by atoms with van der Waals surface area (Å²) in [6.45, 7) is 0. The molecule has 1 unspecified atom stereocenters. The van der Waals surface area contributed by atoms with Gasteiger partial charge in [-0.3, -0.25) is 0 Å². The third-order valence-electron chi connectivity index (χ3n) is 2.75. The molecule has 6 heteroatoms. The smallest absolute Gasteiger partial charge is 0.373 e. The van der Waals surface area contributed by atoms with E-state index in [0.29, 0.717) is 5.56 Å². The largest absolute Gasteiger partial charge is 0.463 e. The summed E-state index contributed by atoms with van der Waals surface area (Å²) in [5.41, 5.74) is 0.410. The van der Waals surface area contributed by atoms with E-state index in [1.807, 2.05) is 0 Å². The molecule has 4 nitrogen and oxygen atoms in total. The van der Waals surface area contributed by atoms with E-state index >= 15 is 0 Å². The predicted octanol–water partition coefficient (Wildman–Crippen LogP) is 2.62. The minimum atomic E-state index is -1.07. The summed E-state index contributed by atoms with van der Waals surface area (Å²) in [6.07, 6.45) is -1.04. The molecule has 20 heavy (non-hydrogen) atoms. The van der Waals surface area contributed by atoms with Gasteiger partial charge in [0.05, 0.1) is 7.11 Å². The van der Waals surface area contributed by atoms with Gasteiger partial charge in [0.25, 0.3) is 0 Å². The molecule has 0 aliphatic carbocycles. The first-order valence-corrected chi connectivity index (χ1v) is 5.81. The zero-order chi connectivity index (χ0) is 14.7. The topological polar surface area (TPSA) is 59.7 Å². The van der Waals surface area contributed by atoms with E-state index < -0.39 is 23.7 Å². The SMILES string of the molecule is COC(=O)c1ccc(C(O)Cc2ccc(F)c(F)c2)o1. The predicted molar refractivity (Wildman–Crippen MR) is 65.1 cm³/mol. The molecule has 0 saturated carbocycles. The number of esters is 1. The number of rotatable bonds is 4. The number of carbonyl (C=O) groups is 1. The molecule has 0 aliphatic heterocycles. The van der Waals surface area contributed by atoms with Crippen LogP contribution < -0.4 is 0 Å². The van der Waals surface area contributed by atoms with Gasteiger partial charge in [0.1, 0.15) is 11.9 Å². The lowest BCUT2D eigenvalue weighted by Crippen LogP contribution is -2.02. The van der Waals surface area contributed by atoms with Crippen molar-refractivity contribution in [3.05, 3.63) is 59.1 Å². The summed E-state index contributed by atoms with van der Waals surface area (Å²) in [6, 6.07) is 6.15. The highest BCUT2D eigenvalue weighted by molar-refractivity contribution is 5.86. The van der Waals surface area contributed by atoms with Gasteiger partial charge in [0, 0.05) is 6.42 Å². The van der Waals surface area contributed by atoms with Crippen LogP contribution >= 0.6 is 0 Å². The van der Waals surface area contributed by atoms with Crippen molar-refractivity contribution in [1.82, 2.24) is 0 Å². The van der Waals surface area contributed by atoms with Gasteiger partial charge in [0.15, 0.2) is 11.6 Å². The van der Waals surface area contributed by atoms with Gasteiger partial charge in [-0.25, -0.2) is 13.6 Å². The average molecular weight is 282 g/mol. The van der Waals surface area contributed by atoms with Crippen LogP contribution in [0.15, 0.2) is 34.7 Å². The molecule has 1 atom stereocenters. The third kappa shape index (κ3) is 3.03. The summed E-state index contributed by atoms with van der Waals surface area (Å²) >= 11 is 0. The molecule has 0 radical (unpaired) electrons. The second-order valence-electron chi connectivity index (χ2n) is 4.16. The van der Waals surface area contributed by atoms with Crippen molar-refractivity contribution in [3.63, 3.8) is 0 Å². The number of hydrogen-bond donors (Lipinski definition) is 1. The molecule has 0 fully saturated rings. The van der Waals surface area contributed by atoms with Gasteiger partial charge in [-0.15, -0.1) is 0 Å². The van der Waals surface area contributed by atoms with E-state index in [9.17, 15) is 18.7 Å². The standard InChI is InChI=1S/C14H12F2O4/c1-19-14(18)13-5-4-12(20-13)11(17)7-8-2-3-9(15)10(16)6-8/h2-6,11,17H,7H2,1H3. The van der Waals surface area contributed by atoms with E-state index in [-0.39, 0.29) is 17.9 Å². The quantitative estimate of drug-likeness (QED) is 0.876. The molecule has 1 aromatic carbocycles. The Balaban J connectivity index is 2.11. The number of aliphatic hydroxyl groups is 1. The van der Waals surface area contributed by atoms with E-state index in [4.69, 9.17) is 4.42 Å². The van der Waals surface area contributed by atoms with E-state index in [1.54, 1.807) is 0 Å². The fraction of sp³-hybridized carbons (Fsp3) is 0.214. The Morgan fingerprint density at radius 3 is 2.70 bits per heavy atom. The number of halogens is 2. The number of ether oxygens (including phenoxy) is 1. The van der Waals surface area contributed by atoms with Gasteiger partial charge in [-0.1, -0.05) is 6.07 Å². The van der Waals surface area contributed by atoms with Crippen LogP contribution in [-0.4, -0.2) is 18.2 Å². The van der Waals surface area contributed by atoms with Crippen LogP contribution in [0.3, 0.4) is 0 Å². The fourth-order valence-electron chi connectivity index (χ4n) is 1.73. The Labute approximate surface area is 113 Å². The van der Waals surface area contributed by atoms with Crippen molar-refractivity contribution < 1.29 is 27.8 Å². The first-order valence-electron chi connectivity index (χ1n) is 5.81. The van der Waals surface area contributed by atoms with Crippen molar-refractivity contribution in [2.45, 2.75) is 12.5 Å². The van der Waals surface area contributed by atoms with Crippen molar-refractivity contribution in [3.8, 4) is 0 Å². The molecule has 1 aromatic heterocycles. The maximum atomic E-state index is 13.0. The number of benzene rings is 1. The zero-order valence-electron chi connectivity index (χ0n) is 10.6. The first-order chi connectivity index (χ1) is 9.51. The van der Waals surface area contributed by atoms with Crippen LogP contribution in [0.1, 0.15) is 28.0 Å². The van der Waals surface area contributed by atoms with Crippen LogP contribution in [0, 0.1) is 11.6 Å². The molecule has 106 valence electrons. The first kappa shape index (κ1) is 14.2. The van der Waals surface area contributed by atoms with Crippen molar-refractivity contribution in [2.24, 2.45) is 0 Å². The molecule has 0 bridgehead atoms. The lowest BCUT2D eigenvalue weighted by atomic mass is 10.1. The van der Waals surface area contributed by atoms with Gasteiger partial charge >= 0.3 is 5.97 Å². The minimum absolute atomic E-state index is 0.0331. The van der Waals surface area contributed by atoms with Crippen LogP contribution in [-0.2, 0) is 11.2 Å². The Morgan fingerprint density at radius 2 is 2.05 bits per heavy atom. The monoisotopic (exact) mass is 282 g/mol. The second kappa shape index (κ2) is 5.83. The normalized spacial score (nSPS) is 12.2. The highest BCUT2D eigenvalue weighted by Gasteiger charge is 2.17. The highest BCUT2D eigenvalue weighted by atomic mass is 19.2. The van der Waals surface area contributed by atoms with Gasteiger partial charge in [-0.05, 0) is 29.8 Å². The van der Waals surface area contributed by atoms with Crippen LogP contribution in [0.25, 0.3) is 0 Å². The molecule has 1 heterocycles. The Morgan fingerprint density at radius 1 is 1.30 bits per heavy atom. The average Bonchev–Trinajstić information content (AvgIpc) is 2.92. The molecular formula is C14H12F2O4. The number of methoxy groups -OCH3 is 1. The van der Waals surface area contributed by atoms with Crippen molar-refractivity contribution in [1.29, 1.82) is 0 Å². The van der Waals surface area contributed by atoms with Crippen molar-refractivity contribution >= 4 is 5.97 Å². The minimum Gasteiger partial charge on any atom is -0.463 e. The summed E-state index contributed by atoms with van der Waals surface area (Å²) in [4.78, 5) is 11.2. The zero-order valence-corrected chi connectivity index (χ0v) is 10.6. The summed E-state index contributed by atoms with van der Waals surface area (Å²) in [5.74, 6) is -2.48. The molecule has 0 saturated heterocycles. The Kier molecular flexibility index (Phi) is 4.14. The molecule has 1 N–H and O–H groups in total. The summed E-state index contributed by atoms with van der Waals surface area (Å²) < 4.78 is 35.4. The molecule has 2 rings (SSSR count). The fourth-order valence-corrected chi connectivity index (χ4v) is 1.73. The number of aliphatic hydroxyl groups excluding tert-OH is 1. The van der Waals surface area contributed by atoms with Gasteiger partial charge in [0.2, 0.25) is 5.76 Å². The van der Waals surface area contributed by atoms with E-state index in [2.05, 4.69) is 4.74 Å². The highest BCUT2D eigenvalue weighted by Crippen LogP contribution is 2.22. The maximum Gasteiger partial charge on any atom is 0.373 e. The summed E-state index contributed by atoms with van der Waals surface area (Å²) in [7, 11) is 1.21. The van der Waals surface area contributed by atoms with Crippen molar-refractivity contribution in [2.75, 3.05) is 7.11 Å². The second-order valence-corrected chi connectivity index (χ2v) is 4.16. The molecule has 0 aliphatic rings. The van der Waals surface area contributed by atoms with Gasteiger partial charge < -0.3 is 14.3 Å². The molecular weight excluding hydrogens is 270 g/mol. The summed E-state index contributed by atoms with van der Waals surface area (Å²) in [5, 5.41) is 9.94. The van der Waals surface area contributed by atoms with Crippen LogP contribution in [0.4, 0.5) is 8.78 Å². The maximum absolute atomic E-state index is 13.0. The number of carbonyl (C=O) groups excluding carboxylic acids is 1. The lowest BCUT2D eigenvalue weighted by molar-refractivity contribution is 0.0555. The van der Waals surface area contributed by atoms with Gasteiger partial charge in [-0.2, -0.15) is 0 Å². The van der Waals surface area contributed by atoms with Crippen LogP contribution in [0.5, 0.6) is 0 Å².